The third-order valence-corrected chi connectivity index (χ3v) is 8.11. The van der Waals surface area contributed by atoms with Gasteiger partial charge in [0.2, 0.25) is 11.6 Å². The number of amides is 2. The molecule has 1 heterocycles. The zero-order valence-electron chi connectivity index (χ0n) is 8.17. The van der Waals surface area contributed by atoms with Gasteiger partial charge in [-0.25, -0.2) is 0 Å². The monoisotopic (exact) mass is 287 g/mol. The summed E-state index contributed by atoms with van der Waals surface area (Å²) in [5.41, 5.74) is -2.39. The van der Waals surface area contributed by atoms with Gasteiger partial charge in [0.05, 0.1) is 11.6 Å². The number of imide groups is 1. The summed E-state index contributed by atoms with van der Waals surface area (Å²) in [5.74, 6) is 0.220. The molecule has 15 heavy (non-hydrogen) atoms. The zero-order valence-corrected chi connectivity index (χ0v) is 11.5. The van der Waals surface area contributed by atoms with Gasteiger partial charge in [-0.05, 0) is 23.2 Å². The number of hydrogen-bond acceptors (Lipinski definition) is 7. The molecule has 0 unspecified atom stereocenters. The van der Waals surface area contributed by atoms with Gasteiger partial charge in [0.1, 0.15) is 0 Å². The lowest BCUT2D eigenvalue weighted by molar-refractivity contribution is -0.123. The van der Waals surface area contributed by atoms with Crippen molar-refractivity contribution in [3.05, 3.63) is 0 Å². The highest BCUT2D eigenvalue weighted by Crippen LogP contribution is 2.59. The van der Waals surface area contributed by atoms with Crippen molar-refractivity contribution in [2.24, 2.45) is 0 Å². The van der Waals surface area contributed by atoms with E-state index in [2.05, 4.69) is 0 Å². The van der Waals surface area contributed by atoms with Gasteiger partial charge >= 0.3 is 0 Å². The molecule has 0 atom stereocenters. The van der Waals surface area contributed by atoms with Crippen LogP contribution in [0.4, 0.5) is 4.79 Å². The number of rotatable bonds is 5. The highest BCUT2D eigenvalue weighted by molar-refractivity contribution is 8.67. The standard InChI is InChI=1S/C6H10NO4PS3/c1-10-12(13,11-2)15-4-7-5(8)3-14-6(7)9/h3-4H2,1-2H3. The lowest BCUT2D eigenvalue weighted by Crippen LogP contribution is -2.27. The molecule has 1 aliphatic rings. The topological polar surface area (TPSA) is 55.8 Å². The molecule has 0 aromatic carbocycles. The van der Waals surface area contributed by atoms with Crippen molar-refractivity contribution in [2.45, 2.75) is 0 Å². The molecule has 0 saturated carbocycles. The number of hydrogen-bond donors (Lipinski definition) is 0. The van der Waals surface area contributed by atoms with E-state index in [9.17, 15) is 9.59 Å². The molecule has 1 aliphatic heterocycles. The van der Waals surface area contributed by atoms with Crippen molar-refractivity contribution >= 4 is 51.8 Å². The fraction of sp³-hybridized carbons (Fsp3) is 0.667. The van der Waals surface area contributed by atoms with Gasteiger partial charge in [0.25, 0.3) is 5.24 Å². The molecule has 9 heteroatoms. The normalized spacial score (nSPS) is 17.6. The van der Waals surface area contributed by atoms with Crippen LogP contribution in [0.3, 0.4) is 0 Å². The third-order valence-electron chi connectivity index (χ3n) is 1.63. The predicted molar refractivity (Wildman–Crippen MR) is 65.5 cm³/mol. The van der Waals surface area contributed by atoms with Crippen molar-refractivity contribution < 1.29 is 18.6 Å². The first kappa shape index (κ1) is 13.5. The summed E-state index contributed by atoms with van der Waals surface area (Å²) in [5, 5.41) is -0.235. The van der Waals surface area contributed by atoms with E-state index in [-0.39, 0.29) is 22.8 Å². The van der Waals surface area contributed by atoms with Gasteiger partial charge in [-0.3, -0.25) is 14.5 Å². The van der Waals surface area contributed by atoms with Crippen LogP contribution in [-0.4, -0.2) is 41.9 Å². The first-order chi connectivity index (χ1) is 7.02. The molecule has 1 saturated heterocycles. The van der Waals surface area contributed by atoms with E-state index in [0.717, 1.165) is 16.7 Å². The van der Waals surface area contributed by atoms with E-state index in [0.29, 0.717) is 0 Å². The lowest BCUT2D eigenvalue weighted by atomic mass is 10.6. The van der Waals surface area contributed by atoms with Crippen LogP contribution in [0.15, 0.2) is 0 Å². The molecule has 2 amide bonds. The first-order valence-electron chi connectivity index (χ1n) is 3.85. The lowest BCUT2D eigenvalue weighted by Gasteiger charge is -2.19. The SMILES string of the molecule is COP(=S)(OC)SCN1C(=O)CSC1=O. The number of carbonyl (C=O) groups is 2. The fourth-order valence-corrected chi connectivity index (χ4v) is 4.33. The quantitative estimate of drug-likeness (QED) is 0.716. The van der Waals surface area contributed by atoms with E-state index in [4.69, 9.17) is 20.9 Å². The van der Waals surface area contributed by atoms with Gasteiger partial charge < -0.3 is 9.05 Å². The molecule has 0 radical (unpaired) electrons. The summed E-state index contributed by atoms with van der Waals surface area (Å²) in [6, 6.07) is 0. The molecule has 5 nitrogen and oxygen atoms in total. The van der Waals surface area contributed by atoms with Crippen molar-refractivity contribution in [3.8, 4) is 0 Å². The van der Waals surface area contributed by atoms with Crippen molar-refractivity contribution in [3.63, 3.8) is 0 Å². The number of nitrogens with zero attached hydrogens (tertiary/aromatic N) is 1. The molecule has 0 N–H and O–H groups in total. The maximum Gasteiger partial charge on any atom is 0.289 e. The molecule has 0 aromatic rings. The molecule has 0 aliphatic carbocycles. The van der Waals surface area contributed by atoms with Crippen molar-refractivity contribution in [1.29, 1.82) is 0 Å². The summed E-state index contributed by atoms with van der Waals surface area (Å²) >= 11 is 7.27. The molecule has 0 spiro atoms. The minimum absolute atomic E-state index is 0.189. The van der Waals surface area contributed by atoms with E-state index >= 15 is 0 Å². The second kappa shape index (κ2) is 5.65. The zero-order chi connectivity index (χ0) is 11.5. The van der Waals surface area contributed by atoms with Crippen molar-refractivity contribution in [1.82, 2.24) is 4.90 Å². The van der Waals surface area contributed by atoms with E-state index in [1.807, 2.05) is 0 Å². The second-order valence-electron chi connectivity index (χ2n) is 2.45. The Bertz CT molecular complexity index is 299. The second-order valence-corrected chi connectivity index (χ2v) is 9.87. The number of carbonyl (C=O) groups excluding carboxylic acids is 2. The van der Waals surface area contributed by atoms with E-state index < -0.39 is 5.69 Å². The van der Waals surface area contributed by atoms with Crippen LogP contribution in [0, 0.1) is 0 Å². The van der Waals surface area contributed by atoms with Crippen LogP contribution >= 0.6 is 28.8 Å². The third kappa shape index (κ3) is 3.44. The predicted octanol–water partition coefficient (Wildman–Crippen LogP) is 1.89. The fourth-order valence-electron chi connectivity index (χ4n) is 0.814. The van der Waals surface area contributed by atoms with Crippen LogP contribution in [0.2, 0.25) is 0 Å². The Morgan fingerprint density at radius 1 is 1.53 bits per heavy atom. The van der Waals surface area contributed by atoms with Crippen LogP contribution in [0.25, 0.3) is 0 Å². The minimum atomic E-state index is -2.39. The highest BCUT2D eigenvalue weighted by Gasteiger charge is 2.31. The summed E-state index contributed by atoms with van der Waals surface area (Å²) in [6.07, 6.45) is 0. The highest BCUT2D eigenvalue weighted by atomic mass is 32.9. The number of thioether (sulfide) groups is 1. The Balaban J connectivity index is 2.53. The average molecular weight is 287 g/mol. The summed E-state index contributed by atoms with van der Waals surface area (Å²) in [4.78, 5) is 23.6. The van der Waals surface area contributed by atoms with E-state index in [1.54, 1.807) is 0 Å². The Labute approximate surface area is 101 Å². The molecule has 0 aromatic heterocycles. The molecule has 0 bridgehead atoms. The largest absolute Gasteiger partial charge is 0.325 e. The Hall–Kier alpha value is 0.410. The Kier molecular flexibility index (Phi) is 5.08. The van der Waals surface area contributed by atoms with Crippen LogP contribution < -0.4 is 0 Å². The molecular formula is C6H10NO4PS3. The maximum atomic E-state index is 11.2. The van der Waals surface area contributed by atoms with Gasteiger partial charge in [-0.1, -0.05) is 11.8 Å². The summed E-state index contributed by atoms with van der Waals surface area (Å²) < 4.78 is 10.1. The summed E-state index contributed by atoms with van der Waals surface area (Å²) in [6.45, 7) is 0. The van der Waals surface area contributed by atoms with Crippen LogP contribution in [0.1, 0.15) is 0 Å². The Morgan fingerprint density at radius 3 is 2.53 bits per heavy atom. The van der Waals surface area contributed by atoms with Gasteiger partial charge in [-0.2, -0.15) is 0 Å². The van der Waals surface area contributed by atoms with Gasteiger partial charge in [0.15, 0.2) is 0 Å². The first-order valence-corrected chi connectivity index (χ1v) is 9.07. The summed E-state index contributed by atoms with van der Waals surface area (Å²) in [7, 11) is 2.92. The molecule has 86 valence electrons. The average Bonchev–Trinajstić information content (AvgIpc) is 2.56. The smallest absolute Gasteiger partial charge is 0.289 e. The molecule has 1 rings (SSSR count). The molecular weight excluding hydrogens is 277 g/mol. The van der Waals surface area contributed by atoms with Gasteiger partial charge in [-0.15, -0.1) is 0 Å². The Morgan fingerprint density at radius 2 is 2.13 bits per heavy atom. The van der Waals surface area contributed by atoms with Crippen molar-refractivity contribution in [2.75, 3.05) is 25.8 Å². The molecule has 1 fully saturated rings. The van der Waals surface area contributed by atoms with Gasteiger partial charge in [0, 0.05) is 14.2 Å². The minimum Gasteiger partial charge on any atom is -0.325 e. The van der Waals surface area contributed by atoms with E-state index in [1.165, 1.54) is 25.6 Å². The maximum absolute atomic E-state index is 11.2. The van der Waals surface area contributed by atoms with Crippen LogP contribution in [0.5, 0.6) is 0 Å². The van der Waals surface area contributed by atoms with Crippen LogP contribution in [-0.2, 0) is 25.6 Å².